The summed E-state index contributed by atoms with van der Waals surface area (Å²) in [6, 6.07) is 4.08. The Hall–Kier alpha value is -1.56. The lowest BCUT2D eigenvalue weighted by Crippen LogP contribution is -2.33. The smallest absolute Gasteiger partial charge is 0.159 e. The van der Waals surface area contributed by atoms with Crippen LogP contribution in [0.3, 0.4) is 0 Å². The average molecular weight is 275 g/mol. The Bertz CT molecular complexity index is 574. The molecule has 3 heterocycles. The molecule has 2 aromatic rings. The first-order valence-electron chi connectivity index (χ1n) is 6.42. The van der Waals surface area contributed by atoms with Crippen LogP contribution in [0.25, 0.3) is 5.82 Å². The van der Waals surface area contributed by atoms with Gasteiger partial charge in [-0.15, -0.1) is 0 Å². The number of rotatable bonds is 2. The maximum Gasteiger partial charge on any atom is 0.159 e. The average Bonchev–Trinajstić information content (AvgIpc) is 2.79. The van der Waals surface area contributed by atoms with Gasteiger partial charge in [0.1, 0.15) is 12.1 Å². The Balaban J connectivity index is 1.93. The number of nitrogens with zero attached hydrogens (tertiary/aromatic N) is 5. The van der Waals surface area contributed by atoms with Crippen molar-refractivity contribution in [2.45, 2.75) is 13.8 Å². The fraction of sp³-hybridized carbons (Fsp3) is 0.462. The maximum atomic E-state index is 4.47. The molecule has 5 nitrogen and oxygen atoms in total. The van der Waals surface area contributed by atoms with Gasteiger partial charge in [0, 0.05) is 36.4 Å². The van der Waals surface area contributed by atoms with Gasteiger partial charge in [0.15, 0.2) is 5.82 Å². The quantitative estimate of drug-likeness (QED) is 0.837. The van der Waals surface area contributed by atoms with Crippen LogP contribution in [0.5, 0.6) is 0 Å². The lowest BCUT2D eigenvalue weighted by molar-refractivity contribution is 0.786. The summed E-state index contributed by atoms with van der Waals surface area (Å²) in [5, 5.41) is 4.47. The molecule has 0 atom stereocenters. The monoisotopic (exact) mass is 275 g/mol. The highest BCUT2D eigenvalue weighted by molar-refractivity contribution is 7.99. The third kappa shape index (κ3) is 2.58. The molecule has 1 fully saturated rings. The van der Waals surface area contributed by atoms with Crippen LogP contribution in [0.4, 0.5) is 5.82 Å². The SMILES string of the molecule is Cc1cc(C)n(-c2cc(N3CCSCC3)ncn2)n1. The zero-order valence-electron chi connectivity index (χ0n) is 11.2. The Kier molecular flexibility index (Phi) is 3.42. The molecule has 100 valence electrons. The molecule has 0 unspecified atom stereocenters. The first-order valence-corrected chi connectivity index (χ1v) is 7.58. The van der Waals surface area contributed by atoms with Gasteiger partial charge in [-0.05, 0) is 19.9 Å². The number of aryl methyl sites for hydroxylation is 2. The van der Waals surface area contributed by atoms with Crippen molar-refractivity contribution in [1.29, 1.82) is 0 Å². The zero-order valence-corrected chi connectivity index (χ0v) is 12.0. The van der Waals surface area contributed by atoms with E-state index in [0.29, 0.717) is 0 Å². The Labute approximate surface area is 117 Å². The van der Waals surface area contributed by atoms with Crippen molar-refractivity contribution in [3.05, 3.63) is 29.8 Å². The molecule has 0 aromatic carbocycles. The molecule has 0 aliphatic carbocycles. The van der Waals surface area contributed by atoms with Gasteiger partial charge in [0.25, 0.3) is 0 Å². The summed E-state index contributed by atoms with van der Waals surface area (Å²) in [4.78, 5) is 11.0. The molecular formula is C13H17N5S. The van der Waals surface area contributed by atoms with Crippen molar-refractivity contribution in [3.8, 4) is 5.82 Å². The van der Waals surface area contributed by atoms with E-state index in [4.69, 9.17) is 0 Å². The van der Waals surface area contributed by atoms with Crippen LogP contribution >= 0.6 is 11.8 Å². The number of hydrogen-bond acceptors (Lipinski definition) is 5. The van der Waals surface area contributed by atoms with Crippen LogP contribution in [0, 0.1) is 13.8 Å². The summed E-state index contributed by atoms with van der Waals surface area (Å²) >= 11 is 2.00. The van der Waals surface area contributed by atoms with Crippen molar-refractivity contribution in [1.82, 2.24) is 19.7 Å². The minimum Gasteiger partial charge on any atom is -0.355 e. The maximum absolute atomic E-state index is 4.47. The molecule has 0 saturated carbocycles. The van der Waals surface area contributed by atoms with E-state index in [9.17, 15) is 0 Å². The third-order valence-electron chi connectivity index (χ3n) is 3.20. The van der Waals surface area contributed by atoms with Gasteiger partial charge in [-0.1, -0.05) is 0 Å². The van der Waals surface area contributed by atoms with Gasteiger partial charge in [-0.2, -0.15) is 16.9 Å². The van der Waals surface area contributed by atoms with Crippen LogP contribution in [0.1, 0.15) is 11.4 Å². The summed E-state index contributed by atoms with van der Waals surface area (Å²) in [6.45, 7) is 6.14. The summed E-state index contributed by atoms with van der Waals surface area (Å²) in [6.07, 6.45) is 1.63. The molecule has 0 radical (unpaired) electrons. The van der Waals surface area contributed by atoms with E-state index in [1.807, 2.05) is 36.4 Å². The number of thioether (sulfide) groups is 1. The molecule has 1 saturated heterocycles. The Morgan fingerprint density at radius 1 is 1.05 bits per heavy atom. The van der Waals surface area contributed by atoms with E-state index in [1.54, 1.807) is 6.33 Å². The standard InChI is InChI=1S/C13H17N5S/c1-10-7-11(2)18(16-10)13-8-12(14-9-15-13)17-3-5-19-6-4-17/h7-9H,3-6H2,1-2H3. The second-order valence-electron chi connectivity index (χ2n) is 4.67. The minimum absolute atomic E-state index is 0.842. The van der Waals surface area contributed by atoms with Gasteiger partial charge in [0.2, 0.25) is 0 Å². The van der Waals surface area contributed by atoms with Crippen LogP contribution in [-0.4, -0.2) is 44.3 Å². The molecule has 0 amide bonds. The number of hydrogen-bond donors (Lipinski definition) is 0. The van der Waals surface area contributed by atoms with Gasteiger partial charge < -0.3 is 4.90 Å². The summed E-state index contributed by atoms with van der Waals surface area (Å²) < 4.78 is 1.87. The lowest BCUT2D eigenvalue weighted by Gasteiger charge is -2.27. The van der Waals surface area contributed by atoms with Gasteiger partial charge >= 0.3 is 0 Å². The molecule has 6 heteroatoms. The molecule has 1 aliphatic heterocycles. The van der Waals surface area contributed by atoms with Crippen LogP contribution in [-0.2, 0) is 0 Å². The topological polar surface area (TPSA) is 46.8 Å². The lowest BCUT2D eigenvalue weighted by atomic mass is 10.4. The Morgan fingerprint density at radius 3 is 2.47 bits per heavy atom. The van der Waals surface area contributed by atoms with Crippen molar-refractivity contribution in [3.63, 3.8) is 0 Å². The fourth-order valence-corrected chi connectivity index (χ4v) is 3.18. The van der Waals surface area contributed by atoms with Crippen LogP contribution < -0.4 is 4.90 Å². The van der Waals surface area contributed by atoms with E-state index in [2.05, 4.69) is 26.0 Å². The third-order valence-corrected chi connectivity index (χ3v) is 4.14. The second kappa shape index (κ2) is 5.21. The normalized spacial score (nSPS) is 15.8. The molecular weight excluding hydrogens is 258 g/mol. The predicted octanol–water partition coefficient (Wildman–Crippen LogP) is 1.83. The van der Waals surface area contributed by atoms with Gasteiger partial charge in [-0.3, -0.25) is 0 Å². The highest BCUT2D eigenvalue weighted by atomic mass is 32.2. The van der Waals surface area contributed by atoms with E-state index in [-0.39, 0.29) is 0 Å². The summed E-state index contributed by atoms with van der Waals surface area (Å²) in [7, 11) is 0. The van der Waals surface area contributed by atoms with Crippen molar-refractivity contribution in [2.75, 3.05) is 29.5 Å². The summed E-state index contributed by atoms with van der Waals surface area (Å²) in [5.74, 6) is 4.17. The van der Waals surface area contributed by atoms with E-state index >= 15 is 0 Å². The van der Waals surface area contributed by atoms with Gasteiger partial charge in [-0.25, -0.2) is 14.6 Å². The van der Waals surface area contributed by atoms with E-state index in [0.717, 1.165) is 36.1 Å². The molecule has 2 aromatic heterocycles. The molecule has 0 bridgehead atoms. The first-order chi connectivity index (χ1) is 9.24. The molecule has 3 rings (SSSR count). The Morgan fingerprint density at radius 2 is 1.79 bits per heavy atom. The van der Waals surface area contributed by atoms with Crippen molar-refractivity contribution >= 4 is 17.6 Å². The van der Waals surface area contributed by atoms with Crippen molar-refractivity contribution in [2.24, 2.45) is 0 Å². The van der Waals surface area contributed by atoms with Gasteiger partial charge in [0.05, 0.1) is 5.69 Å². The molecule has 19 heavy (non-hydrogen) atoms. The predicted molar refractivity (Wildman–Crippen MR) is 78.2 cm³/mol. The summed E-state index contributed by atoms with van der Waals surface area (Å²) in [5.41, 5.74) is 2.10. The van der Waals surface area contributed by atoms with Crippen LogP contribution in [0.2, 0.25) is 0 Å². The van der Waals surface area contributed by atoms with Crippen molar-refractivity contribution < 1.29 is 0 Å². The molecule has 1 aliphatic rings. The molecule has 0 N–H and O–H groups in total. The highest BCUT2D eigenvalue weighted by Gasteiger charge is 2.14. The number of aromatic nitrogens is 4. The van der Waals surface area contributed by atoms with E-state index < -0.39 is 0 Å². The second-order valence-corrected chi connectivity index (χ2v) is 5.90. The number of anilines is 1. The van der Waals surface area contributed by atoms with E-state index in [1.165, 1.54) is 11.5 Å². The molecule has 0 spiro atoms. The minimum atomic E-state index is 0.842. The largest absolute Gasteiger partial charge is 0.355 e. The highest BCUT2D eigenvalue weighted by Crippen LogP contribution is 2.19. The fourth-order valence-electron chi connectivity index (χ4n) is 2.28. The first kappa shape index (κ1) is 12.5. The zero-order chi connectivity index (χ0) is 13.2. The van der Waals surface area contributed by atoms with Crippen LogP contribution in [0.15, 0.2) is 18.5 Å².